The number of benzene rings is 1. The molecule has 2 rings (SSSR count). The van der Waals surface area contributed by atoms with E-state index >= 15 is 0 Å². The molecule has 0 unspecified atom stereocenters. The minimum Gasteiger partial charge on any atom is -0.493 e. The van der Waals surface area contributed by atoms with E-state index < -0.39 is 0 Å². The Morgan fingerprint density at radius 1 is 1.60 bits per heavy atom. The molecular formula is C10H10ClNO3. The number of hydrogen-bond donors (Lipinski definition) is 2. The average molecular weight is 228 g/mol. The van der Waals surface area contributed by atoms with Gasteiger partial charge in [0.2, 0.25) is 0 Å². The largest absolute Gasteiger partial charge is 0.493 e. The molecule has 1 aromatic heterocycles. The first-order chi connectivity index (χ1) is 7.27. The smallest absolute Gasteiger partial charge is 0.177 e. The van der Waals surface area contributed by atoms with E-state index in [-0.39, 0.29) is 6.54 Å². The molecule has 0 bridgehead atoms. The second kappa shape index (κ2) is 4.10. The first kappa shape index (κ1) is 10.3. The Morgan fingerprint density at radius 2 is 2.40 bits per heavy atom. The molecule has 0 saturated carbocycles. The van der Waals surface area contributed by atoms with Crippen LogP contribution in [0.1, 0.15) is 5.56 Å². The highest BCUT2D eigenvalue weighted by Crippen LogP contribution is 2.35. The van der Waals surface area contributed by atoms with Crippen LogP contribution < -0.4 is 10.2 Å². The number of hydroxylamine groups is 1. The second-order valence-electron chi connectivity index (χ2n) is 3.05. The van der Waals surface area contributed by atoms with Crippen molar-refractivity contribution < 1.29 is 14.4 Å². The number of ether oxygens (including phenoxy) is 1. The summed E-state index contributed by atoms with van der Waals surface area (Å²) in [7, 11) is 1.56. The Labute approximate surface area is 91.4 Å². The van der Waals surface area contributed by atoms with Crippen molar-refractivity contribution in [3.63, 3.8) is 0 Å². The zero-order chi connectivity index (χ0) is 10.8. The molecular weight excluding hydrogens is 218 g/mol. The molecule has 2 N–H and O–H groups in total. The third-order valence-electron chi connectivity index (χ3n) is 2.20. The lowest BCUT2D eigenvalue weighted by molar-refractivity contribution is 0.161. The fourth-order valence-corrected chi connectivity index (χ4v) is 1.77. The number of nitrogens with one attached hydrogen (secondary N) is 1. The molecule has 5 heteroatoms. The van der Waals surface area contributed by atoms with E-state index in [2.05, 4.69) is 5.48 Å². The van der Waals surface area contributed by atoms with E-state index in [1.54, 1.807) is 25.5 Å². The molecule has 1 heterocycles. The summed E-state index contributed by atoms with van der Waals surface area (Å²) in [4.78, 5) is 0. The van der Waals surface area contributed by atoms with Crippen LogP contribution in [-0.2, 0) is 6.54 Å². The van der Waals surface area contributed by atoms with Gasteiger partial charge in [0, 0.05) is 11.9 Å². The summed E-state index contributed by atoms with van der Waals surface area (Å²) in [6.07, 6.45) is 1.55. The molecule has 0 saturated heterocycles. The molecule has 80 valence electrons. The maximum absolute atomic E-state index is 8.66. The predicted octanol–water partition coefficient (Wildman–Crippen LogP) is 2.57. The standard InChI is InChI=1S/C10H10ClNO3/c1-14-8-4-6(5-12-13)9(11)7-2-3-15-10(7)8/h2-4,12-13H,5H2,1H3. The first-order valence-corrected chi connectivity index (χ1v) is 4.75. The Balaban J connectivity index is 2.67. The van der Waals surface area contributed by atoms with Crippen LogP contribution in [0.4, 0.5) is 0 Å². The molecule has 0 fully saturated rings. The van der Waals surface area contributed by atoms with Crippen LogP contribution in [0.25, 0.3) is 11.0 Å². The fourth-order valence-electron chi connectivity index (χ4n) is 1.50. The molecule has 1 aromatic carbocycles. The van der Waals surface area contributed by atoms with Gasteiger partial charge in [-0.25, -0.2) is 5.48 Å². The molecule has 0 aliphatic carbocycles. The quantitative estimate of drug-likeness (QED) is 0.792. The molecule has 0 radical (unpaired) electrons. The van der Waals surface area contributed by atoms with Crippen LogP contribution in [0, 0.1) is 0 Å². The van der Waals surface area contributed by atoms with Gasteiger partial charge in [0.05, 0.1) is 18.4 Å². The van der Waals surface area contributed by atoms with Gasteiger partial charge < -0.3 is 14.4 Å². The first-order valence-electron chi connectivity index (χ1n) is 4.37. The van der Waals surface area contributed by atoms with Crippen molar-refractivity contribution in [1.29, 1.82) is 0 Å². The van der Waals surface area contributed by atoms with Crippen LogP contribution in [0.5, 0.6) is 5.75 Å². The van der Waals surface area contributed by atoms with Gasteiger partial charge in [-0.15, -0.1) is 0 Å². The number of halogens is 1. The van der Waals surface area contributed by atoms with Crippen molar-refractivity contribution in [1.82, 2.24) is 5.48 Å². The van der Waals surface area contributed by atoms with Crippen molar-refractivity contribution in [2.24, 2.45) is 0 Å². The highest BCUT2D eigenvalue weighted by Gasteiger charge is 2.13. The average Bonchev–Trinajstić information content (AvgIpc) is 2.71. The number of fused-ring (bicyclic) bond motifs is 1. The highest BCUT2D eigenvalue weighted by molar-refractivity contribution is 6.36. The van der Waals surface area contributed by atoms with E-state index in [1.165, 1.54) is 0 Å². The maximum Gasteiger partial charge on any atom is 0.177 e. The van der Waals surface area contributed by atoms with Gasteiger partial charge in [0.15, 0.2) is 11.3 Å². The minimum absolute atomic E-state index is 0.260. The molecule has 15 heavy (non-hydrogen) atoms. The Hall–Kier alpha value is -1.23. The summed E-state index contributed by atoms with van der Waals surface area (Å²) < 4.78 is 10.4. The lowest BCUT2D eigenvalue weighted by atomic mass is 10.1. The molecule has 0 aliphatic rings. The summed E-state index contributed by atoms with van der Waals surface area (Å²) >= 11 is 6.12. The number of hydrogen-bond acceptors (Lipinski definition) is 4. The zero-order valence-corrected chi connectivity index (χ0v) is 8.84. The van der Waals surface area contributed by atoms with Crippen molar-refractivity contribution in [2.45, 2.75) is 6.54 Å². The lowest BCUT2D eigenvalue weighted by Gasteiger charge is -2.07. The SMILES string of the molecule is COc1cc(CNO)c(Cl)c2ccoc12. The lowest BCUT2D eigenvalue weighted by Crippen LogP contribution is -2.06. The summed E-state index contributed by atoms with van der Waals surface area (Å²) in [5, 5.41) is 9.99. The van der Waals surface area contributed by atoms with Gasteiger partial charge in [-0.2, -0.15) is 0 Å². The maximum atomic E-state index is 8.66. The summed E-state index contributed by atoms with van der Waals surface area (Å²) in [5.41, 5.74) is 3.43. The van der Waals surface area contributed by atoms with Crippen LogP contribution >= 0.6 is 11.6 Å². The molecule has 4 nitrogen and oxygen atoms in total. The second-order valence-corrected chi connectivity index (χ2v) is 3.43. The van der Waals surface area contributed by atoms with Crippen molar-refractivity contribution >= 4 is 22.6 Å². The number of furan rings is 1. The molecule has 0 spiro atoms. The van der Waals surface area contributed by atoms with E-state index in [1.807, 2.05) is 0 Å². The third-order valence-corrected chi connectivity index (χ3v) is 2.65. The molecule has 0 atom stereocenters. The van der Waals surface area contributed by atoms with Gasteiger partial charge in [-0.1, -0.05) is 11.6 Å². The zero-order valence-electron chi connectivity index (χ0n) is 8.08. The monoisotopic (exact) mass is 227 g/mol. The molecule has 0 aliphatic heterocycles. The number of methoxy groups -OCH3 is 1. The van der Waals surface area contributed by atoms with E-state index in [0.717, 1.165) is 10.9 Å². The topological polar surface area (TPSA) is 54.6 Å². The van der Waals surface area contributed by atoms with Gasteiger partial charge in [0.1, 0.15) is 0 Å². The van der Waals surface area contributed by atoms with Crippen LogP contribution in [0.3, 0.4) is 0 Å². The van der Waals surface area contributed by atoms with Crippen molar-refractivity contribution in [3.05, 3.63) is 29.0 Å². The van der Waals surface area contributed by atoms with Crippen molar-refractivity contribution in [3.8, 4) is 5.75 Å². The predicted molar refractivity (Wildman–Crippen MR) is 56.4 cm³/mol. The van der Waals surface area contributed by atoms with Gasteiger partial charge in [-0.05, 0) is 17.7 Å². The normalized spacial score (nSPS) is 10.9. The van der Waals surface area contributed by atoms with Crippen LogP contribution in [0.2, 0.25) is 5.02 Å². The summed E-state index contributed by atoms with van der Waals surface area (Å²) in [6.45, 7) is 0.260. The van der Waals surface area contributed by atoms with Crippen LogP contribution in [-0.4, -0.2) is 12.3 Å². The van der Waals surface area contributed by atoms with E-state index in [9.17, 15) is 0 Å². The Kier molecular flexibility index (Phi) is 2.81. The van der Waals surface area contributed by atoms with E-state index in [0.29, 0.717) is 16.4 Å². The van der Waals surface area contributed by atoms with Gasteiger partial charge in [0.25, 0.3) is 0 Å². The third kappa shape index (κ3) is 1.67. The Bertz CT molecular complexity index is 481. The molecule has 0 amide bonds. The number of rotatable bonds is 3. The highest BCUT2D eigenvalue weighted by atomic mass is 35.5. The minimum atomic E-state index is 0.260. The fraction of sp³-hybridized carbons (Fsp3) is 0.200. The summed E-state index contributed by atoms with van der Waals surface area (Å²) in [5.74, 6) is 0.602. The van der Waals surface area contributed by atoms with Gasteiger partial charge in [-0.3, -0.25) is 0 Å². The Morgan fingerprint density at radius 3 is 3.07 bits per heavy atom. The van der Waals surface area contributed by atoms with Gasteiger partial charge >= 0.3 is 0 Å². The van der Waals surface area contributed by atoms with Crippen molar-refractivity contribution in [2.75, 3.05) is 7.11 Å². The van der Waals surface area contributed by atoms with Crippen LogP contribution in [0.15, 0.2) is 22.8 Å². The summed E-state index contributed by atoms with van der Waals surface area (Å²) in [6, 6.07) is 3.50. The van der Waals surface area contributed by atoms with E-state index in [4.69, 9.17) is 26.0 Å². The molecule has 2 aromatic rings.